The van der Waals surface area contributed by atoms with Crippen LogP contribution in [0, 0.1) is 22.9 Å². The summed E-state index contributed by atoms with van der Waals surface area (Å²) in [6, 6.07) is 2.52. The zero-order valence-electron chi connectivity index (χ0n) is 11.7. The molecule has 1 fully saturated rings. The summed E-state index contributed by atoms with van der Waals surface area (Å²) in [7, 11) is 1.86. The van der Waals surface area contributed by atoms with Gasteiger partial charge in [-0.25, -0.2) is 4.39 Å². The molecular weight excluding hydrogens is 263 g/mol. The standard InChI is InChI=1S/C14H19FN2O3/c1-9-7-14(12(17(18)19)8-10(9)15)20-13-6-4-3-5-11(13)16-2/h7-8,11,13,16H,3-6H2,1-2H3. The fourth-order valence-electron chi connectivity index (χ4n) is 2.61. The van der Waals surface area contributed by atoms with Gasteiger partial charge in [-0.05, 0) is 44.9 Å². The maximum atomic E-state index is 13.5. The summed E-state index contributed by atoms with van der Waals surface area (Å²) in [4.78, 5) is 10.4. The molecule has 0 saturated heterocycles. The molecule has 2 atom stereocenters. The SMILES string of the molecule is CNC1CCCCC1Oc1cc(C)c(F)cc1[N+](=O)[O-]. The van der Waals surface area contributed by atoms with Crippen LogP contribution in [0.4, 0.5) is 10.1 Å². The lowest BCUT2D eigenvalue weighted by molar-refractivity contribution is -0.386. The van der Waals surface area contributed by atoms with Crippen LogP contribution in [0.2, 0.25) is 0 Å². The number of likely N-dealkylation sites (N-methyl/N-ethyl adjacent to an activating group) is 1. The quantitative estimate of drug-likeness (QED) is 0.681. The summed E-state index contributed by atoms with van der Waals surface area (Å²) in [6.07, 6.45) is 3.87. The van der Waals surface area contributed by atoms with E-state index in [0.29, 0.717) is 5.56 Å². The minimum Gasteiger partial charge on any atom is -0.482 e. The zero-order valence-corrected chi connectivity index (χ0v) is 11.7. The number of hydrogen-bond acceptors (Lipinski definition) is 4. The summed E-state index contributed by atoms with van der Waals surface area (Å²) < 4.78 is 19.3. The van der Waals surface area contributed by atoms with E-state index in [2.05, 4.69) is 5.32 Å². The number of nitrogens with one attached hydrogen (secondary N) is 1. The van der Waals surface area contributed by atoms with Crippen LogP contribution in [0.1, 0.15) is 31.2 Å². The average molecular weight is 282 g/mol. The number of rotatable bonds is 4. The minimum absolute atomic E-state index is 0.114. The number of nitro benzene ring substituents is 1. The number of benzene rings is 1. The minimum atomic E-state index is -0.602. The van der Waals surface area contributed by atoms with Crippen molar-refractivity contribution in [3.05, 3.63) is 33.6 Å². The third kappa shape index (κ3) is 3.07. The molecule has 1 aliphatic carbocycles. The highest BCUT2D eigenvalue weighted by Crippen LogP contribution is 2.33. The van der Waals surface area contributed by atoms with E-state index in [1.165, 1.54) is 6.07 Å². The van der Waals surface area contributed by atoms with Gasteiger partial charge in [-0.1, -0.05) is 6.42 Å². The van der Waals surface area contributed by atoms with E-state index in [-0.39, 0.29) is 23.6 Å². The molecule has 5 nitrogen and oxygen atoms in total. The van der Waals surface area contributed by atoms with Crippen LogP contribution >= 0.6 is 0 Å². The maximum absolute atomic E-state index is 13.5. The molecule has 110 valence electrons. The second-order valence-electron chi connectivity index (χ2n) is 5.16. The van der Waals surface area contributed by atoms with Gasteiger partial charge in [-0.15, -0.1) is 0 Å². The fraction of sp³-hybridized carbons (Fsp3) is 0.571. The highest BCUT2D eigenvalue weighted by atomic mass is 19.1. The lowest BCUT2D eigenvalue weighted by Crippen LogP contribution is -2.43. The van der Waals surface area contributed by atoms with E-state index >= 15 is 0 Å². The molecule has 2 rings (SSSR count). The molecule has 1 N–H and O–H groups in total. The summed E-state index contributed by atoms with van der Waals surface area (Å²) >= 11 is 0. The van der Waals surface area contributed by atoms with Crippen molar-refractivity contribution < 1.29 is 14.1 Å². The van der Waals surface area contributed by atoms with Crippen molar-refractivity contribution in [3.63, 3.8) is 0 Å². The Morgan fingerprint density at radius 1 is 1.40 bits per heavy atom. The Bertz CT molecular complexity index is 507. The number of nitrogens with zero attached hydrogens (tertiary/aromatic N) is 1. The Kier molecular flexibility index (Phi) is 4.54. The van der Waals surface area contributed by atoms with Crippen molar-refractivity contribution in [1.29, 1.82) is 0 Å². The Morgan fingerprint density at radius 3 is 2.75 bits per heavy atom. The van der Waals surface area contributed by atoms with E-state index in [0.717, 1.165) is 31.7 Å². The van der Waals surface area contributed by atoms with Gasteiger partial charge in [0.2, 0.25) is 0 Å². The summed E-state index contributed by atoms with van der Waals surface area (Å²) in [6.45, 7) is 1.57. The van der Waals surface area contributed by atoms with Gasteiger partial charge in [-0.3, -0.25) is 10.1 Å². The first kappa shape index (κ1) is 14.7. The Hall–Kier alpha value is -1.69. The normalized spacial score (nSPS) is 22.6. The molecule has 0 amide bonds. The molecular formula is C14H19FN2O3. The largest absolute Gasteiger partial charge is 0.482 e. The molecule has 2 unspecified atom stereocenters. The van der Waals surface area contributed by atoms with E-state index in [1.807, 2.05) is 7.05 Å². The molecule has 0 heterocycles. The third-order valence-electron chi connectivity index (χ3n) is 3.79. The molecule has 1 aromatic carbocycles. The second kappa shape index (κ2) is 6.17. The topological polar surface area (TPSA) is 64.4 Å². The van der Waals surface area contributed by atoms with Gasteiger partial charge in [0.25, 0.3) is 0 Å². The van der Waals surface area contributed by atoms with Crippen LogP contribution < -0.4 is 10.1 Å². The molecule has 1 aliphatic rings. The predicted octanol–water partition coefficient (Wildman–Crippen LogP) is 2.95. The fourth-order valence-corrected chi connectivity index (χ4v) is 2.61. The van der Waals surface area contributed by atoms with Crippen LogP contribution in [0.3, 0.4) is 0 Å². The van der Waals surface area contributed by atoms with E-state index in [4.69, 9.17) is 4.74 Å². The second-order valence-corrected chi connectivity index (χ2v) is 5.16. The summed E-state index contributed by atoms with van der Waals surface area (Å²) in [5.41, 5.74) is 0.0379. The highest BCUT2D eigenvalue weighted by molar-refractivity contribution is 5.49. The lowest BCUT2D eigenvalue weighted by Gasteiger charge is -2.31. The number of nitro groups is 1. The number of aryl methyl sites for hydroxylation is 1. The predicted molar refractivity (Wildman–Crippen MR) is 73.5 cm³/mol. The molecule has 1 aromatic rings. The molecule has 0 aliphatic heterocycles. The van der Waals surface area contributed by atoms with Crippen LogP contribution in [-0.2, 0) is 0 Å². The molecule has 0 radical (unpaired) electrons. The number of ether oxygens (including phenoxy) is 1. The lowest BCUT2D eigenvalue weighted by atomic mass is 9.92. The number of hydrogen-bond donors (Lipinski definition) is 1. The van der Waals surface area contributed by atoms with Gasteiger partial charge < -0.3 is 10.1 Å². The average Bonchev–Trinajstić information content (AvgIpc) is 2.43. The van der Waals surface area contributed by atoms with Gasteiger partial charge in [0.1, 0.15) is 11.9 Å². The smallest absolute Gasteiger partial charge is 0.313 e. The van der Waals surface area contributed by atoms with E-state index in [1.54, 1.807) is 6.92 Å². The molecule has 6 heteroatoms. The van der Waals surface area contributed by atoms with Crippen molar-refractivity contribution >= 4 is 5.69 Å². The first-order valence-electron chi connectivity index (χ1n) is 6.81. The molecule has 20 heavy (non-hydrogen) atoms. The summed E-state index contributed by atoms with van der Waals surface area (Å²) in [5.74, 6) is -0.432. The molecule has 0 spiro atoms. The van der Waals surface area contributed by atoms with Crippen LogP contribution in [0.25, 0.3) is 0 Å². The van der Waals surface area contributed by atoms with Gasteiger partial charge in [0.15, 0.2) is 5.75 Å². The highest BCUT2D eigenvalue weighted by Gasteiger charge is 2.28. The van der Waals surface area contributed by atoms with Crippen molar-refractivity contribution in [2.45, 2.75) is 44.8 Å². The maximum Gasteiger partial charge on any atom is 0.313 e. The molecule has 1 saturated carbocycles. The van der Waals surface area contributed by atoms with Crippen molar-refractivity contribution in [3.8, 4) is 5.75 Å². The monoisotopic (exact) mass is 282 g/mol. The first-order chi connectivity index (χ1) is 9.52. The Balaban J connectivity index is 2.27. The van der Waals surface area contributed by atoms with Crippen molar-refractivity contribution in [1.82, 2.24) is 5.32 Å². The van der Waals surface area contributed by atoms with Crippen LogP contribution in [0.15, 0.2) is 12.1 Å². The van der Waals surface area contributed by atoms with Gasteiger partial charge >= 0.3 is 5.69 Å². The van der Waals surface area contributed by atoms with Crippen molar-refractivity contribution in [2.75, 3.05) is 7.05 Å². The van der Waals surface area contributed by atoms with Gasteiger partial charge in [0, 0.05) is 6.04 Å². The van der Waals surface area contributed by atoms with Crippen LogP contribution in [-0.4, -0.2) is 24.1 Å². The zero-order chi connectivity index (χ0) is 14.7. The van der Waals surface area contributed by atoms with E-state index in [9.17, 15) is 14.5 Å². The van der Waals surface area contributed by atoms with Crippen LogP contribution in [0.5, 0.6) is 5.75 Å². The molecule has 0 bridgehead atoms. The van der Waals surface area contributed by atoms with Gasteiger partial charge in [-0.2, -0.15) is 0 Å². The number of halogens is 1. The first-order valence-corrected chi connectivity index (χ1v) is 6.81. The van der Waals surface area contributed by atoms with E-state index < -0.39 is 10.7 Å². The third-order valence-corrected chi connectivity index (χ3v) is 3.79. The summed E-state index contributed by atoms with van der Waals surface area (Å²) in [5, 5.41) is 14.2. The van der Waals surface area contributed by atoms with Crippen molar-refractivity contribution in [2.24, 2.45) is 0 Å². The molecule has 0 aromatic heterocycles. The Morgan fingerprint density at radius 2 is 2.10 bits per heavy atom. The van der Waals surface area contributed by atoms with Gasteiger partial charge in [0.05, 0.1) is 11.0 Å². The Labute approximate surface area is 117 Å².